The van der Waals surface area contributed by atoms with E-state index >= 15 is 0 Å². The summed E-state index contributed by atoms with van der Waals surface area (Å²) in [5.41, 5.74) is 1.26. The minimum Gasteiger partial charge on any atom is -0.349 e. The molecule has 2 rings (SSSR count). The lowest BCUT2D eigenvalue weighted by atomic mass is 10.2. The molecule has 102 valence electrons. The maximum Gasteiger partial charge on any atom is 0.267 e. The minimum atomic E-state index is -0.298. The van der Waals surface area contributed by atoms with E-state index in [0.29, 0.717) is 12.2 Å². The van der Waals surface area contributed by atoms with Crippen molar-refractivity contribution in [3.05, 3.63) is 35.8 Å². The Morgan fingerprint density at radius 1 is 1.37 bits per heavy atom. The lowest BCUT2D eigenvalue weighted by Gasteiger charge is -2.10. The molecule has 1 aromatic heterocycles. The lowest BCUT2D eigenvalue weighted by Crippen LogP contribution is -2.32. The number of hydrogen-bond acceptors (Lipinski definition) is 2. The van der Waals surface area contributed by atoms with Gasteiger partial charge < -0.3 is 14.8 Å². The molecule has 1 heterocycles. The molecule has 0 aliphatic heterocycles. The van der Waals surface area contributed by atoms with Crippen LogP contribution in [0, 0.1) is 5.82 Å². The molecule has 1 N–H and O–H groups in total. The number of aromatic nitrogens is 1. The third kappa shape index (κ3) is 2.93. The van der Waals surface area contributed by atoms with Gasteiger partial charge in [-0.25, -0.2) is 4.39 Å². The van der Waals surface area contributed by atoms with E-state index in [1.165, 1.54) is 12.1 Å². The summed E-state index contributed by atoms with van der Waals surface area (Å²) in [7, 11) is 5.67. The maximum atomic E-state index is 13.2. The second-order valence-corrected chi connectivity index (χ2v) is 4.85. The highest BCUT2D eigenvalue weighted by atomic mass is 19.1. The number of fused-ring (bicyclic) bond motifs is 1. The van der Waals surface area contributed by atoms with Gasteiger partial charge in [-0.15, -0.1) is 0 Å². The molecule has 1 aromatic carbocycles. The van der Waals surface area contributed by atoms with E-state index < -0.39 is 0 Å². The molecule has 4 nitrogen and oxygen atoms in total. The van der Waals surface area contributed by atoms with Gasteiger partial charge in [0.05, 0.1) is 5.52 Å². The second kappa shape index (κ2) is 5.40. The third-order valence-electron chi connectivity index (χ3n) is 3.08. The van der Waals surface area contributed by atoms with E-state index in [1.54, 1.807) is 23.7 Å². The Hall–Kier alpha value is -1.88. The van der Waals surface area contributed by atoms with Crippen molar-refractivity contribution in [3.8, 4) is 0 Å². The number of hydrogen-bond donors (Lipinski definition) is 1. The summed E-state index contributed by atoms with van der Waals surface area (Å²) < 4.78 is 14.9. The molecule has 19 heavy (non-hydrogen) atoms. The topological polar surface area (TPSA) is 37.3 Å². The lowest BCUT2D eigenvalue weighted by molar-refractivity contribution is 0.0943. The van der Waals surface area contributed by atoms with Gasteiger partial charge in [0, 0.05) is 25.5 Å². The van der Waals surface area contributed by atoms with Gasteiger partial charge in [-0.1, -0.05) is 0 Å². The molecule has 0 fully saturated rings. The van der Waals surface area contributed by atoms with E-state index in [9.17, 15) is 9.18 Å². The number of amides is 1. The van der Waals surface area contributed by atoms with Crippen LogP contribution in [0.15, 0.2) is 24.3 Å². The summed E-state index contributed by atoms with van der Waals surface area (Å²) in [6, 6.07) is 6.29. The molecule has 0 spiro atoms. The largest absolute Gasteiger partial charge is 0.349 e. The summed E-state index contributed by atoms with van der Waals surface area (Å²) >= 11 is 0. The molecular weight excluding hydrogens is 245 g/mol. The highest BCUT2D eigenvalue weighted by Gasteiger charge is 2.13. The number of rotatable bonds is 4. The van der Waals surface area contributed by atoms with Gasteiger partial charge in [0.15, 0.2) is 0 Å². The first-order valence-electron chi connectivity index (χ1n) is 6.17. The number of halogens is 1. The van der Waals surface area contributed by atoms with Gasteiger partial charge in [0.25, 0.3) is 5.91 Å². The molecule has 0 aliphatic rings. The third-order valence-corrected chi connectivity index (χ3v) is 3.08. The molecule has 0 saturated heterocycles. The highest BCUT2D eigenvalue weighted by Crippen LogP contribution is 2.19. The first-order chi connectivity index (χ1) is 8.99. The van der Waals surface area contributed by atoms with Crippen LogP contribution >= 0.6 is 0 Å². The SMILES string of the molecule is CN(C)CCNC(=O)c1cc2ccc(F)cc2n1C. The number of likely N-dealkylation sites (N-methyl/N-ethyl adjacent to an activating group) is 1. The molecule has 5 heteroatoms. The quantitative estimate of drug-likeness (QED) is 0.910. The second-order valence-electron chi connectivity index (χ2n) is 4.85. The minimum absolute atomic E-state index is 0.138. The summed E-state index contributed by atoms with van der Waals surface area (Å²) in [5, 5.41) is 3.71. The van der Waals surface area contributed by atoms with Crippen molar-refractivity contribution in [2.24, 2.45) is 7.05 Å². The van der Waals surface area contributed by atoms with Crippen molar-refractivity contribution in [2.45, 2.75) is 0 Å². The summed E-state index contributed by atoms with van der Waals surface area (Å²) in [6.45, 7) is 1.37. The zero-order chi connectivity index (χ0) is 14.0. The van der Waals surface area contributed by atoms with Crippen LogP contribution in [0.2, 0.25) is 0 Å². The molecule has 1 amide bonds. The summed E-state index contributed by atoms with van der Waals surface area (Å²) in [6.07, 6.45) is 0. The normalized spacial score (nSPS) is 11.2. The predicted molar refractivity (Wildman–Crippen MR) is 73.8 cm³/mol. The van der Waals surface area contributed by atoms with E-state index in [2.05, 4.69) is 5.32 Å². The van der Waals surface area contributed by atoms with Crippen molar-refractivity contribution in [1.82, 2.24) is 14.8 Å². The van der Waals surface area contributed by atoms with Gasteiger partial charge in [-0.2, -0.15) is 0 Å². The van der Waals surface area contributed by atoms with Crippen LogP contribution < -0.4 is 5.32 Å². The van der Waals surface area contributed by atoms with Crippen LogP contribution in [-0.2, 0) is 7.05 Å². The van der Waals surface area contributed by atoms with Gasteiger partial charge in [0.1, 0.15) is 11.5 Å². The fraction of sp³-hybridized carbons (Fsp3) is 0.357. The molecule has 0 radical (unpaired) electrons. The average molecular weight is 263 g/mol. The Morgan fingerprint density at radius 3 is 2.79 bits per heavy atom. The van der Waals surface area contributed by atoms with Crippen LogP contribution in [0.4, 0.5) is 4.39 Å². The van der Waals surface area contributed by atoms with Crippen molar-refractivity contribution < 1.29 is 9.18 Å². The van der Waals surface area contributed by atoms with E-state index in [-0.39, 0.29) is 11.7 Å². The van der Waals surface area contributed by atoms with Crippen molar-refractivity contribution in [2.75, 3.05) is 27.2 Å². The Bertz CT molecular complexity index is 604. The zero-order valence-electron chi connectivity index (χ0n) is 11.4. The first kappa shape index (κ1) is 13.5. The van der Waals surface area contributed by atoms with Crippen LogP contribution in [-0.4, -0.2) is 42.6 Å². The number of aryl methyl sites for hydroxylation is 1. The number of nitrogens with one attached hydrogen (secondary N) is 1. The molecule has 0 saturated carbocycles. The Balaban J connectivity index is 2.20. The van der Waals surface area contributed by atoms with Gasteiger partial charge in [-0.3, -0.25) is 4.79 Å². The number of nitrogens with zero attached hydrogens (tertiary/aromatic N) is 2. The fourth-order valence-corrected chi connectivity index (χ4v) is 2.00. The molecule has 0 bridgehead atoms. The molecule has 0 atom stereocenters. The van der Waals surface area contributed by atoms with Crippen molar-refractivity contribution >= 4 is 16.8 Å². The maximum absolute atomic E-state index is 13.2. The number of carbonyl (C=O) groups is 1. The number of benzene rings is 1. The van der Waals surface area contributed by atoms with Crippen LogP contribution in [0.5, 0.6) is 0 Å². The van der Waals surface area contributed by atoms with Crippen molar-refractivity contribution in [3.63, 3.8) is 0 Å². The molecular formula is C14H18FN3O. The van der Waals surface area contributed by atoms with Crippen LogP contribution in [0.3, 0.4) is 0 Å². The Labute approximate surface area is 111 Å². The standard InChI is InChI=1S/C14H18FN3O/c1-17(2)7-6-16-14(19)13-8-10-4-5-11(15)9-12(10)18(13)3/h4-5,8-9H,6-7H2,1-3H3,(H,16,19). The summed E-state index contributed by atoms with van der Waals surface area (Å²) in [5.74, 6) is -0.436. The summed E-state index contributed by atoms with van der Waals surface area (Å²) in [4.78, 5) is 14.1. The van der Waals surface area contributed by atoms with Crippen LogP contribution in [0.1, 0.15) is 10.5 Å². The van der Waals surface area contributed by atoms with Crippen LogP contribution in [0.25, 0.3) is 10.9 Å². The molecule has 0 aliphatic carbocycles. The highest BCUT2D eigenvalue weighted by molar-refractivity contribution is 5.98. The predicted octanol–water partition coefficient (Wildman–Crippen LogP) is 1.61. The van der Waals surface area contributed by atoms with Gasteiger partial charge in [-0.05, 0) is 38.4 Å². The van der Waals surface area contributed by atoms with Gasteiger partial charge >= 0.3 is 0 Å². The monoisotopic (exact) mass is 263 g/mol. The average Bonchev–Trinajstić information content (AvgIpc) is 2.66. The van der Waals surface area contributed by atoms with Crippen molar-refractivity contribution in [1.29, 1.82) is 0 Å². The van der Waals surface area contributed by atoms with E-state index in [0.717, 1.165) is 17.4 Å². The fourth-order valence-electron chi connectivity index (χ4n) is 2.00. The molecule has 0 unspecified atom stereocenters. The first-order valence-corrected chi connectivity index (χ1v) is 6.17. The van der Waals surface area contributed by atoms with E-state index in [4.69, 9.17) is 0 Å². The van der Waals surface area contributed by atoms with Gasteiger partial charge in [0.2, 0.25) is 0 Å². The number of carbonyl (C=O) groups excluding carboxylic acids is 1. The molecule has 2 aromatic rings. The smallest absolute Gasteiger partial charge is 0.267 e. The zero-order valence-corrected chi connectivity index (χ0v) is 11.4. The Morgan fingerprint density at radius 2 is 2.11 bits per heavy atom. The van der Waals surface area contributed by atoms with E-state index in [1.807, 2.05) is 19.0 Å². The Kier molecular flexibility index (Phi) is 3.85.